The highest BCUT2D eigenvalue weighted by molar-refractivity contribution is 5.86. The van der Waals surface area contributed by atoms with E-state index in [9.17, 15) is 4.79 Å². The summed E-state index contributed by atoms with van der Waals surface area (Å²) in [6, 6.07) is 0. The smallest absolute Gasteiger partial charge is 0.381 e. The summed E-state index contributed by atoms with van der Waals surface area (Å²) in [5.74, 6) is 6.13. The van der Waals surface area contributed by atoms with E-state index < -0.39 is 5.97 Å². The first-order valence-corrected chi connectivity index (χ1v) is 4.52. The molecule has 64 valence electrons. The number of rotatable bonds is 0. The SMILES string of the molecule is O=C(O)C#CC1CCCC2CC12. The lowest BCUT2D eigenvalue weighted by Gasteiger charge is -2.14. The van der Waals surface area contributed by atoms with Gasteiger partial charge in [0.25, 0.3) is 0 Å². The Hall–Kier alpha value is -0.970. The van der Waals surface area contributed by atoms with Gasteiger partial charge in [-0.05, 0) is 24.7 Å². The molecule has 2 fully saturated rings. The molecule has 0 radical (unpaired) electrons. The zero-order valence-corrected chi connectivity index (χ0v) is 6.92. The molecule has 2 saturated carbocycles. The second-order valence-corrected chi connectivity index (χ2v) is 3.77. The van der Waals surface area contributed by atoms with E-state index in [1.165, 1.54) is 19.3 Å². The maximum atomic E-state index is 10.2. The number of aliphatic carboxylic acids is 1. The van der Waals surface area contributed by atoms with E-state index in [2.05, 4.69) is 11.8 Å². The predicted molar refractivity (Wildman–Crippen MR) is 44.3 cm³/mol. The first-order valence-electron chi connectivity index (χ1n) is 4.52. The number of carboxylic acids is 1. The summed E-state index contributed by atoms with van der Waals surface area (Å²) in [5, 5.41) is 8.37. The molecule has 0 aromatic heterocycles. The van der Waals surface area contributed by atoms with Crippen molar-refractivity contribution in [3.8, 4) is 11.8 Å². The van der Waals surface area contributed by atoms with Gasteiger partial charge in [0.2, 0.25) is 0 Å². The van der Waals surface area contributed by atoms with Crippen molar-refractivity contribution in [2.45, 2.75) is 25.7 Å². The summed E-state index contributed by atoms with van der Waals surface area (Å²) in [5.41, 5.74) is 0. The zero-order chi connectivity index (χ0) is 8.55. The topological polar surface area (TPSA) is 37.3 Å². The van der Waals surface area contributed by atoms with Gasteiger partial charge in [-0.1, -0.05) is 18.8 Å². The van der Waals surface area contributed by atoms with Crippen LogP contribution in [0.25, 0.3) is 0 Å². The largest absolute Gasteiger partial charge is 0.472 e. The van der Waals surface area contributed by atoms with Crippen molar-refractivity contribution in [2.75, 3.05) is 0 Å². The van der Waals surface area contributed by atoms with Crippen molar-refractivity contribution in [1.29, 1.82) is 0 Å². The van der Waals surface area contributed by atoms with E-state index in [-0.39, 0.29) is 0 Å². The van der Waals surface area contributed by atoms with Crippen molar-refractivity contribution in [1.82, 2.24) is 0 Å². The molecule has 0 aromatic rings. The monoisotopic (exact) mass is 164 g/mol. The minimum atomic E-state index is -0.988. The van der Waals surface area contributed by atoms with Crippen LogP contribution in [0.4, 0.5) is 0 Å². The van der Waals surface area contributed by atoms with Gasteiger partial charge in [-0.2, -0.15) is 0 Å². The normalized spacial score (nSPS) is 37.5. The molecule has 2 aliphatic carbocycles. The third-order valence-electron chi connectivity index (χ3n) is 2.95. The third-order valence-corrected chi connectivity index (χ3v) is 2.95. The van der Waals surface area contributed by atoms with E-state index in [0.717, 1.165) is 18.3 Å². The highest BCUT2D eigenvalue weighted by Gasteiger charge is 2.44. The fraction of sp³-hybridized carbons (Fsp3) is 0.700. The lowest BCUT2D eigenvalue weighted by atomic mass is 9.90. The fourth-order valence-electron chi connectivity index (χ4n) is 2.24. The molecule has 0 heterocycles. The number of hydrogen-bond acceptors (Lipinski definition) is 1. The molecule has 0 spiro atoms. The quantitative estimate of drug-likeness (QED) is 0.551. The lowest BCUT2D eigenvalue weighted by molar-refractivity contribution is -0.130. The van der Waals surface area contributed by atoms with Crippen LogP contribution in [-0.4, -0.2) is 11.1 Å². The highest BCUT2D eigenvalue weighted by Crippen LogP contribution is 2.52. The fourth-order valence-corrected chi connectivity index (χ4v) is 2.24. The first-order chi connectivity index (χ1) is 5.77. The summed E-state index contributed by atoms with van der Waals surface area (Å²) >= 11 is 0. The van der Waals surface area contributed by atoms with Crippen LogP contribution in [-0.2, 0) is 4.79 Å². The van der Waals surface area contributed by atoms with Gasteiger partial charge in [0, 0.05) is 11.8 Å². The van der Waals surface area contributed by atoms with E-state index in [1.54, 1.807) is 0 Å². The van der Waals surface area contributed by atoms with Crippen molar-refractivity contribution in [2.24, 2.45) is 17.8 Å². The molecule has 3 atom stereocenters. The van der Waals surface area contributed by atoms with Crippen LogP contribution in [0.5, 0.6) is 0 Å². The Bertz CT molecular complexity index is 259. The molecular weight excluding hydrogens is 152 g/mol. The molecule has 2 rings (SSSR count). The maximum absolute atomic E-state index is 10.2. The van der Waals surface area contributed by atoms with Crippen LogP contribution in [0.2, 0.25) is 0 Å². The van der Waals surface area contributed by atoms with Gasteiger partial charge < -0.3 is 5.11 Å². The van der Waals surface area contributed by atoms with Gasteiger partial charge in [0.05, 0.1) is 0 Å². The molecule has 2 nitrogen and oxygen atoms in total. The lowest BCUT2D eigenvalue weighted by Crippen LogP contribution is -2.07. The Morgan fingerprint density at radius 3 is 3.00 bits per heavy atom. The van der Waals surface area contributed by atoms with Gasteiger partial charge in [-0.15, -0.1) is 0 Å². The predicted octanol–water partition coefficient (Wildman–Crippen LogP) is 1.51. The van der Waals surface area contributed by atoms with Crippen molar-refractivity contribution in [3.63, 3.8) is 0 Å². The maximum Gasteiger partial charge on any atom is 0.381 e. The van der Waals surface area contributed by atoms with Gasteiger partial charge in [0.1, 0.15) is 0 Å². The Labute approximate surface area is 72.0 Å². The van der Waals surface area contributed by atoms with Crippen LogP contribution in [0, 0.1) is 29.6 Å². The standard InChI is InChI=1S/C10H12O2/c11-10(12)5-4-7-2-1-3-8-6-9(7)8/h7-9H,1-3,6H2,(H,11,12). The molecular formula is C10H12O2. The Kier molecular flexibility index (Phi) is 1.80. The second kappa shape index (κ2) is 2.82. The highest BCUT2D eigenvalue weighted by atomic mass is 16.4. The number of hydrogen-bond donors (Lipinski definition) is 1. The summed E-state index contributed by atoms with van der Waals surface area (Å²) in [7, 11) is 0. The van der Waals surface area contributed by atoms with E-state index >= 15 is 0 Å². The van der Waals surface area contributed by atoms with E-state index in [0.29, 0.717) is 5.92 Å². The Morgan fingerprint density at radius 1 is 1.42 bits per heavy atom. The van der Waals surface area contributed by atoms with Crippen LogP contribution < -0.4 is 0 Å². The van der Waals surface area contributed by atoms with Crippen LogP contribution in [0.3, 0.4) is 0 Å². The summed E-state index contributed by atoms with van der Waals surface area (Å²) < 4.78 is 0. The Balaban J connectivity index is 1.96. The van der Waals surface area contributed by atoms with Crippen molar-refractivity contribution in [3.05, 3.63) is 0 Å². The molecule has 12 heavy (non-hydrogen) atoms. The number of carboxylic acid groups (broad SMARTS) is 1. The van der Waals surface area contributed by atoms with Gasteiger partial charge in [-0.3, -0.25) is 0 Å². The first kappa shape index (κ1) is 7.67. The third kappa shape index (κ3) is 1.45. The molecule has 3 unspecified atom stereocenters. The minimum absolute atomic E-state index is 0.389. The van der Waals surface area contributed by atoms with Gasteiger partial charge in [-0.25, -0.2) is 4.79 Å². The van der Waals surface area contributed by atoms with Crippen LogP contribution in [0.1, 0.15) is 25.7 Å². The molecule has 0 bridgehead atoms. The number of carbonyl (C=O) groups is 1. The molecule has 0 saturated heterocycles. The molecule has 0 amide bonds. The zero-order valence-electron chi connectivity index (χ0n) is 6.92. The summed E-state index contributed by atoms with van der Waals surface area (Å²) in [6.45, 7) is 0. The van der Waals surface area contributed by atoms with Crippen LogP contribution >= 0.6 is 0 Å². The summed E-state index contributed by atoms with van der Waals surface area (Å²) in [6.07, 6.45) is 4.98. The van der Waals surface area contributed by atoms with Crippen molar-refractivity contribution < 1.29 is 9.90 Å². The van der Waals surface area contributed by atoms with E-state index in [4.69, 9.17) is 5.11 Å². The van der Waals surface area contributed by atoms with Gasteiger partial charge >= 0.3 is 5.97 Å². The number of fused-ring (bicyclic) bond motifs is 1. The Morgan fingerprint density at radius 2 is 2.25 bits per heavy atom. The molecule has 0 aromatic carbocycles. The van der Waals surface area contributed by atoms with E-state index in [1.807, 2.05) is 0 Å². The molecule has 2 heteroatoms. The van der Waals surface area contributed by atoms with Gasteiger partial charge in [0.15, 0.2) is 0 Å². The average Bonchev–Trinajstić information content (AvgIpc) is 2.78. The van der Waals surface area contributed by atoms with Crippen molar-refractivity contribution >= 4 is 5.97 Å². The second-order valence-electron chi connectivity index (χ2n) is 3.77. The average molecular weight is 164 g/mol. The molecule has 0 aliphatic heterocycles. The minimum Gasteiger partial charge on any atom is -0.472 e. The van der Waals surface area contributed by atoms with Crippen LogP contribution in [0.15, 0.2) is 0 Å². The summed E-state index contributed by atoms with van der Waals surface area (Å²) in [4.78, 5) is 10.2. The molecule has 2 aliphatic rings. The molecule has 1 N–H and O–H groups in total.